The van der Waals surface area contributed by atoms with Gasteiger partial charge in [-0.3, -0.25) is 4.79 Å². The summed E-state index contributed by atoms with van der Waals surface area (Å²) in [5.74, 6) is -0.585. The Morgan fingerprint density at radius 1 is 1.27 bits per heavy atom. The van der Waals surface area contributed by atoms with E-state index in [4.69, 9.17) is 27.9 Å². The van der Waals surface area contributed by atoms with Crippen LogP contribution < -0.4 is 4.74 Å². The number of rotatable bonds is 5. The van der Waals surface area contributed by atoms with Crippen molar-refractivity contribution < 1.29 is 14.6 Å². The molecule has 1 unspecified atom stereocenters. The van der Waals surface area contributed by atoms with Gasteiger partial charge in [0, 0.05) is 25.9 Å². The Hall–Kier alpha value is -1.75. The molecule has 3 nitrogen and oxygen atoms in total. The fourth-order valence-corrected chi connectivity index (χ4v) is 4.64. The lowest BCUT2D eigenvalue weighted by molar-refractivity contribution is -0.138. The number of carbonyl (C=O) groups is 1. The van der Waals surface area contributed by atoms with Crippen LogP contribution in [0.4, 0.5) is 0 Å². The third-order valence-electron chi connectivity index (χ3n) is 4.51. The second-order valence-electron chi connectivity index (χ2n) is 6.30. The summed E-state index contributed by atoms with van der Waals surface area (Å²) in [6.45, 7) is 6.03. The molecular weight excluding hydrogens is 391 g/mol. The smallest absolute Gasteiger partial charge is 0.310 e. The lowest BCUT2D eigenvalue weighted by atomic mass is 9.96. The van der Waals surface area contributed by atoms with Crippen LogP contribution >= 0.6 is 34.5 Å². The van der Waals surface area contributed by atoms with Crippen molar-refractivity contribution in [3.8, 4) is 5.75 Å². The maximum Gasteiger partial charge on any atom is 0.310 e. The maximum atomic E-state index is 11.4. The van der Waals surface area contributed by atoms with E-state index in [0.717, 1.165) is 38.1 Å². The van der Waals surface area contributed by atoms with Crippen LogP contribution in [0.25, 0.3) is 10.1 Å². The quantitative estimate of drug-likeness (QED) is 0.517. The van der Waals surface area contributed by atoms with Crippen molar-refractivity contribution in [2.24, 2.45) is 0 Å². The molecule has 0 amide bonds. The predicted octanol–water partition coefficient (Wildman–Crippen LogP) is 6.59. The van der Waals surface area contributed by atoms with Crippen LogP contribution in [0.3, 0.4) is 0 Å². The summed E-state index contributed by atoms with van der Waals surface area (Å²) < 4.78 is 7.07. The first-order valence-electron chi connectivity index (χ1n) is 8.10. The van der Waals surface area contributed by atoms with Crippen LogP contribution in [0.1, 0.15) is 35.1 Å². The molecule has 1 heterocycles. The zero-order chi connectivity index (χ0) is 19.0. The van der Waals surface area contributed by atoms with Crippen LogP contribution in [0, 0.1) is 13.8 Å². The standard InChI is InChI=1S/C20H18Cl2O3S/c1-10-6-17(25-8-13-4-5-14(21)7-16(13)22)12(3)19-18(10)15(9-26-19)11(2)20(23)24/h4-7,9,11H,8H2,1-3H3,(H,23,24). The average molecular weight is 409 g/mol. The van der Waals surface area contributed by atoms with Crippen LogP contribution in [0.15, 0.2) is 29.6 Å². The third kappa shape index (κ3) is 3.54. The molecule has 0 fully saturated rings. The molecule has 6 heteroatoms. The van der Waals surface area contributed by atoms with E-state index in [2.05, 4.69) is 0 Å². The highest BCUT2D eigenvalue weighted by atomic mass is 35.5. The summed E-state index contributed by atoms with van der Waals surface area (Å²) in [6.07, 6.45) is 0. The lowest BCUT2D eigenvalue weighted by Crippen LogP contribution is -2.07. The number of halogens is 2. The van der Waals surface area contributed by atoms with Gasteiger partial charge >= 0.3 is 5.97 Å². The Kier molecular flexibility index (Phi) is 5.47. The average Bonchev–Trinajstić information content (AvgIpc) is 3.03. The van der Waals surface area contributed by atoms with E-state index in [9.17, 15) is 9.90 Å². The number of carboxylic acid groups (broad SMARTS) is 1. The molecule has 0 aliphatic heterocycles. The molecule has 0 bridgehead atoms. The molecule has 0 saturated carbocycles. The highest BCUT2D eigenvalue weighted by Crippen LogP contribution is 2.40. The SMILES string of the molecule is Cc1c(OCc2ccc(Cl)cc2Cl)cc(C)c2c(C(C)C(=O)O)csc12. The summed E-state index contributed by atoms with van der Waals surface area (Å²) in [5.41, 5.74) is 3.72. The molecule has 136 valence electrons. The number of ether oxygens (including phenoxy) is 1. The number of carboxylic acids is 1. The van der Waals surface area contributed by atoms with E-state index in [0.29, 0.717) is 16.7 Å². The summed E-state index contributed by atoms with van der Waals surface area (Å²) in [7, 11) is 0. The molecule has 0 aliphatic carbocycles. The van der Waals surface area contributed by atoms with Crippen molar-refractivity contribution in [2.45, 2.75) is 33.3 Å². The third-order valence-corrected chi connectivity index (χ3v) is 6.21. The topological polar surface area (TPSA) is 46.5 Å². The van der Waals surface area contributed by atoms with Gasteiger partial charge in [0.25, 0.3) is 0 Å². The zero-order valence-electron chi connectivity index (χ0n) is 14.6. The first-order valence-corrected chi connectivity index (χ1v) is 9.74. The van der Waals surface area contributed by atoms with Gasteiger partial charge in [0.1, 0.15) is 12.4 Å². The van der Waals surface area contributed by atoms with Crippen LogP contribution in [-0.4, -0.2) is 11.1 Å². The van der Waals surface area contributed by atoms with E-state index in [1.807, 2.05) is 31.4 Å². The van der Waals surface area contributed by atoms with Gasteiger partial charge in [0.15, 0.2) is 0 Å². The van der Waals surface area contributed by atoms with Crippen LogP contribution in [0.2, 0.25) is 10.0 Å². The summed E-state index contributed by atoms with van der Waals surface area (Å²) in [6, 6.07) is 7.30. The molecule has 1 atom stereocenters. The number of thiophene rings is 1. The summed E-state index contributed by atoms with van der Waals surface area (Å²) >= 11 is 13.7. The molecule has 0 radical (unpaired) electrons. The molecule has 0 saturated heterocycles. The molecule has 0 spiro atoms. The van der Waals surface area contributed by atoms with Gasteiger partial charge in [0.2, 0.25) is 0 Å². The van der Waals surface area contributed by atoms with Crippen molar-refractivity contribution in [2.75, 3.05) is 0 Å². The van der Waals surface area contributed by atoms with E-state index < -0.39 is 11.9 Å². The second-order valence-corrected chi connectivity index (χ2v) is 8.02. The van der Waals surface area contributed by atoms with Gasteiger partial charge in [-0.1, -0.05) is 29.3 Å². The molecule has 1 aromatic heterocycles. The van der Waals surface area contributed by atoms with E-state index in [1.165, 1.54) is 0 Å². The first kappa shape index (κ1) is 19.0. The summed E-state index contributed by atoms with van der Waals surface area (Å²) in [4.78, 5) is 11.4. The second kappa shape index (κ2) is 7.47. The minimum Gasteiger partial charge on any atom is -0.489 e. The molecule has 3 aromatic rings. The fourth-order valence-electron chi connectivity index (χ4n) is 2.94. The predicted molar refractivity (Wildman–Crippen MR) is 108 cm³/mol. The molecule has 0 aliphatic rings. The largest absolute Gasteiger partial charge is 0.489 e. The first-order chi connectivity index (χ1) is 12.3. The van der Waals surface area contributed by atoms with Gasteiger partial charge in [-0.25, -0.2) is 0 Å². The van der Waals surface area contributed by atoms with Crippen molar-refractivity contribution >= 4 is 50.6 Å². The number of fused-ring (bicyclic) bond motifs is 1. The van der Waals surface area contributed by atoms with Gasteiger partial charge in [-0.15, -0.1) is 11.3 Å². The van der Waals surface area contributed by atoms with Gasteiger partial charge in [-0.2, -0.15) is 0 Å². The van der Waals surface area contributed by atoms with E-state index in [-0.39, 0.29) is 0 Å². The number of hydrogen-bond donors (Lipinski definition) is 1. The molecular formula is C20H18Cl2O3S. The molecule has 2 aromatic carbocycles. The summed E-state index contributed by atoms with van der Waals surface area (Å²) in [5, 5.41) is 13.4. The Morgan fingerprint density at radius 3 is 2.65 bits per heavy atom. The molecule has 1 N–H and O–H groups in total. The Bertz CT molecular complexity index is 994. The van der Waals surface area contributed by atoms with Gasteiger partial charge < -0.3 is 9.84 Å². The van der Waals surface area contributed by atoms with Crippen molar-refractivity contribution in [3.63, 3.8) is 0 Å². The van der Waals surface area contributed by atoms with Crippen LogP contribution in [0.5, 0.6) is 5.75 Å². The fraction of sp³-hybridized carbons (Fsp3) is 0.250. The number of aryl methyl sites for hydroxylation is 2. The normalized spacial score (nSPS) is 12.3. The zero-order valence-corrected chi connectivity index (χ0v) is 16.9. The van der Waals surface area contributed by atoms with E-state index >= 15 is 0 Å². The number of benzene rings is 2. The molecule has 3 rings (SSSR count). The van der Waals surface area contributed by atoms with Crippen molar-refractivity contribution in [3.05, 3.63) is 61.9 Å². The van der Waals surface area contributed by atoms with Crippen molar-refractivity contribution in [1.29, 1.82) is 0 Å². The highest BCUT2D eigenvalue weighted by Gasteiger charge is 2.21. The van der Waals surface area contributed by atoms with Gasteiger partial charge in [0.05, 0.1) is 5.92 Å². The minimum atomic E-state index is -0.820. The number of hydrogen-bond acceptors (Lipinski definition) is 3. The Labute approximate surface area is 166 Å². The number of aliphatic carboxylic acids is 1. The van der Waals surface area contributed by atoms with Crippen molar-refractivity contribution in [1.82, 2.24) is 0 Å². The Balaban J connectivity index is 1.95. The minimum absolute atomic E-state index is 0.339. The lowest BCUT2D eigenvalue weighted by Gasteiger charge is -2.14. The monoisotopic (exact) mass is 408 g/mol. The van der Waals surface area contributed by atoms with E-state index in [1.54, 1.807) is 30.4 Å². The van der Waals surface area contributed by atoms with Gasteiger partial charge in [-0.05, 0) is 60.9 Å². The molecule has 26 heavy (non-hydrogen) atoms. The Morgan fingerprint density at radius 2 is 2.00 bits per heavy atom. The highest BCUT2D eigenvalue weighted by molar-refractivity contribution is 7.17. The van der Waals surface area contributed by atoms with Crippen LogP contribution in [-0.2, 0) is 11.4 Å². The maximum absolute atomic E-state index is 11.4.